The Kier molecular flexibility index (Phi) is 20.8. The molecule has 0 aromatic rings. The van der Waals surface area contributed by atoms with E-state index in [-0.39, 0.29) is 0 Å². The second-order valence-electron chi connectivity index (χ2n) is 3.44. The minimum absolute atomic E-state index is 0.727. The van der Waals surface area contributed by atoms with Gasteiger partial charge in [0.25, 0.3) is 0 Å². The Balaban J connectivity index is -0.000000218. The Morgan fingerprint density at radius 3 is 1.23 bits per heavy atom. The molecule has 0 radical (unpaired) electrons. The van der Waals surface area contributed by atoms with Crippen LogP contribution in [-0.4, -0.2) is 25.0 Å². The van der Waals surface area contributed by atoms with E-state index in [1.807, 2.05) is 27.7 Å². The van der Waals surface area contributed by atoms with Gasteiger partial charge in [-0.2, -0.15) is 0 Å². The lowest BCUT2D eigenvalue weighted by atomic mass is 10.1. The predicted octanol–water partition coefficient (Wildman–Crippen LogP) is 4.04. The highest BCUT2D eigenvalue weighted by Crippen LogP contribution is 2.06. The average Bonchev–Trinajstić information content (AvgIpc) is 2.10. The highest BCUT2D eigenvalue weighted by Gasteiger charge is 2.05. The Morgan fingerprint density at radius 2 is 1.15 bits per heavy atom. The molecule has 0 fully saturated rings. The molecule has 0 aromatic heterocycles. The first-order valence-electron chi connectivity index (χ1n) is 5.70. The Bertz CT molecular complexity index is 67.5. The van der Waals surface area contributed by atoms with Crippen molar-refractivity contribution in [3.63, 3.8) is 0 Å². The highest BCUT2D eigenvalue weighted by molar-refractivity contribution is 4.60. The van der Waals surface area contributed by atoms with Crippen molar-refractivity contribution in [2.45, 2.75) is 60.9 Å². The van der Waals surface area contributed by atoms with Crippen LogP contribution in [0.3, 0.4) is 0 Å². The quantitative estimate of drug-likeness (QED) is 0.648. The molecule has 0 aliphatic heterocycles. The average molecular weight is 189 g/mol. The van der Waals surface area contributed by atoms with Gasteiger partial charge in [-0.25, -0.2) is 0 Å². The van der Waals surface area contributed by atoms with Gasteiger partial charge in [0.2, 0.25) is 0 Å². The summed E-state index contributed by atoms with van der Waals surface area (Å²) in [6.45, 7) is 14.8. The monoisotopic (exact) mass is 189 g/mol. The van der Waals surface area contributed by atoms with Crippen LogP contribution < -0.4 is 0 Å². The standard InChI is InChI=1S/C8H19N.2C2H6/c1-7(2)6-8(3)9(4)5;2*1-2/h7-8H,6H2,1-5H3;2*1-2H3/t8-;;/m1../s1. The number of nitrogens with zero attached hydrogens (tertiary/aromatic N) is 1. The summed E-state index contributed by atoms with van der Waals surface area (Å²) in [6, 6.07) is 0.727. The van der Waals surface area contributed by atoms with Crippen LogP contribution in [0.25, 0.3) is 0 Å². The lowest BCUT2D eigenvalue weighted by Gasteiger charge is -2.21. The summed E-state index contributed by atoms with van der Waals surface area (Å²) in [7, 11) is 4.26. The predicted molar refractivity (Wildman–Crippen MR) is 65.3 cm³/mol. The first kappa shape index (κ1) is 18.7. The van der Waals surface area contributed by atoms with Crippen LogP contribution in [0.4, 0.5) is 0 Å². The van der Waals surface area contributed by atoms with Gasteiger partial charge >= 0.3 is 0 Å². The van der Waals surface area contributed by atoms with E-state index >= 15 is 0 Å². The largest absolute Gasteiger partial charge is 0.307 e. The summed E-state index contributed by atoms with van der Waals surface area (Å²) in [4.78, 5) is 2.26. The molecule has 0 aromatic carbocycles. The minimum atomic E-state index is 0.727. The molecule has 0 N–H and O–H groups in total. The summed E-state index contributed by atoms with van der Waals surface area (Å²) in [6.07, 6.45) is 1.30. The van der Waals surface area contributed by atoms with Crippen LogP contribution in [-0.2, 0) is 0 Å². The fourth-order valence-corrected chi connectivity index (χ4v) is 0.893. The lowest BCUT2D eigenvalue weighted by Crippen LogP contribution is -2.25. The maximum absolute atomic E-state index is 2.26. The van der Waals surface area contributed by atoms with Crippen molar-refractivity contribution >= 4 is 0 Å². The molecule has 0 saturated carbocycles. The zero-order chi connectivity index (χ0) is 11.4. The van der Waals surface area contributed by atoms with Crippen LogP contribution >= 0.6 is 0 Å². The van der Waals surface area contributed by atoms with Gasteiger partial charge in [0.1, 0.15) is 0 Å². The van der Waals surface area contributed by atoms with Gasteiger partial charge < -0.3 is 4.90 Å². The van der Waals surface area contributed by atoms with Crippen LogP contribution in [0.2, 0.25) is 0 Å². The number of rotatable bonds is 3. The summed E-state index contributed by atoms with van der Waals surface area (Å²) in [5.41, 5.74) is 0. The van der Waals surface area contributed by atoms with Crippen molar-refractivity contribution in [1.82, 2.24) is 4.90 Å². The lowest BCUT2D eigenvalue weighted by molar-refractivity contribution is 0.274. The van der Waals surface area contributed by atoms with E-state index < -0.39 is 0 Å². The molecule has 0 saturated heterocycles. The molecule has 0 heterocycles. The van der Waals surface area contributed by atoms with Crippen molar-refractivity contribution in [2.75, 3.05) is 14.1 Å². The molecule has 1 nitrogen and oxygen atoms in total. The van der Waals surface area contributed by atoms with E-state index in [1.165, 1.54) is 6.42 Å². The van der Waals surface area contributed by atoms with Gasteiger partial charge in [0.15, 0.2) is 0 Å². The molecule has 1 atom stereocenters. The molecule has 0 aliphatic rings. The summed E-state index contributed by atoms with van der Waals surface area (Å²) in [5.74, 6) is 0.822. The zero-order valence-corrected chi connectivity index (χ0v) is 11.3. The van der Waals surface area contributed by atoms with Crippen molar-refractivity contribution in [2.24, 2.45) is 5.92 Å². The number of hydrogen-bond donors (Lipinski definition) is 0. The molecule has 0 spiro atoms. The molecule has 84 valence electrons. The molecule has 0 aliphatic carbocycles. The topological polar surface area (TPSA) is 3.24 Å². The van der Waals surface area contributed by atoms with Crippen molar-refractivity contribution in [1.29, 1.82) is 0 Å². The molecular formula is C12H31N. The molecule has 0 amide bonds. The minimum Gasteiger partial charge on any atom is -0.307 e. The third-order valence-electron chi connectivity index (χ3n) is 1.69. The molecule has 1 heteroatoms. The van der Waals surface area contributed by atoms with Gasteiger partial charge in [0.05, 0.1) is 0 Å². The Morgan fingerprint density at radius 1 is 0.846 bits per heavy atom. The van der Waals surface area contributed by atoms with E-state index in [0.29, 0.717) is 0 Å². The third-order valence-corrected chi connectivity index (χ3v) is 1.69. The van der Waals surface area contributed by atoms with Crippen LogP contribution in [0.1, 0.15) is 54.9 Å². The first-order chi connectivity index (χ1) is 6.04. The van der Waals surface area contributed by atoms with Gasteiger partial charge in [-0.15, -0.1) is 0 Å². The van der Waals surface area contributed by atoms with Crippen LogP contribution in [0, 0.1) is 5.92 Å². The van der Waals surface area contributed by atoms with E-state index in [2.05, 4.69) is 39.8 Å². The second-order valence-corrected chi connectivity index (χ2v) is 3.44. The van der Waals surface area contributed by atoms with E-state index in [9.17, 15) is 0 Å². The molecule has 0 unspecified atom stereocenters. The maximum Gasteiger partial charge on any atom is 0.00632 e. The summed E-state index contributed by atoms with van der Waals surface area (Å²) >= 11 is 0. The third kappa shape index (κ3) is 18.7. The van der Waals surface area contributed by atoms with Crippen molar-refractivity contribution in [3.8, 4) is 0 Å². The van der Waals surface area contributed by atoms with Gasteiger partial charge in [-0.1, -0.05) is 41.5 Å². The second kappa shape index (κ2) is 14.5. The van der Waals surface area contributed by atoms with Gasteiger partial charge in [-0.05, 0) is 33.4 Å². The van der Waals surface area contributed by atoms with Crippen molar-refractivity contribution < 1.29 is 0 Å². The smallest absolute Gasteiger partial charge is 0.00632 e. The SMILES string of the molecule is CC.CC.CC(C)C[C@@H](C)N(C)C. The van der Waals surface area contributed by atoms with Gasteiger partial charge in [-0.3, -0.25) is 0 Å². The molecule has 0 rings (SSSR count). The number of hydrogen-bond acceptors (Lipinski definition) is 1. The van der Waals surface area contributed by atoms with Crippen LogP contribution in [0.15, 0.2) is 0 Å². The van der Waals surface area contributed by atoms with E-state index in [4.69, 9.17) is 0 Å². The molecule has 13 heavy (non-hydrogen) atoms. The Labute approximate surface area is 86.5 Å². The van der Waals surface area contributed by atoms with E-state index in [1.54, 1.807) is 0 Å². The summed E-state index contributed by atoms with van der Waals surface area (Å²) < 4.78 is 0. The van der Waals surface area contributed by atoms with Crippen LogP contribution in [0.5, 0.6) is 0 Å². The van der Waals surface area contributed by atoms with Crippen molar-refractivity contribution in [3.05, 3.63) is 0 Å². The molecular weight excluding hydrogens is 158 g/mol. The summed E-state index contributed by atoms with van der Waals surface area (Å²) in [5, 5.41) is 0. The zero-order valence-electron chi connectivity index (χ0n) is 11.3. The highest BCUT2D eigenvalue weighted by atomic mass is 15.1. The Hall–Kier alpha value is -0.0400. The van der Waals surface area contributed by atoms with Gasteiger partial charge in [0, 0.05) is 6.04 Å². The maximum atomic E-state index is 2.26. The normalized spacial score (nSPS) is 11.3. The fourth-order valence-electron chi connectivity index (χ4n) is 0.893. The van der Waals surface area contributed by atoms with E-state index in [0.717, 1.165) is 12.0 Å². The fraction of sp³-hybridized carbons (Fsp3) is 1.00. The first-order valence-corrected chi connectivity index (χ1v) is 5.70. The molecule has 0 bridgehead atoms.